The molecule has 24 heavy (non-hydrogen) atoms. The molecule has 4 nitrogen and oxygen atoms in total. The van der Waals surface area contributed by atoms with Gasteiger partial charge in [0.1, 0.15) is 17.6 Å². The number of nitrogens with one attached hydrogen (secondary N) is 1. The minimum atomic E-state index is -0.0462. The first kappa shape index (κ1) is 16.4. The van der Waals surface area contributed by atoms with Crippen molar-refractivity contribution in [3.8, 4) is 11.8 Å². The van der Waals surface area contributed by atoms with Crippen molar-refractivity contribution < 1.29 is 9.15 Å². The summed E-state index contributed by atoms with van der Waals surface area (Å²) in [6, 6.07) is 15.8. The molecule has 3 aromatic rings. The molecule has 5 heteroatoms. The van der Waals surface area contributed by atoms with Gasteiger partial charge in [0.05, 0.1) is 24.4 Å². The molecule has 0 bridgehead atoms. The van der Waals surface area contributed by atoms with Gasteiger partial charge in [0.15, 0.2) is 0 Å². The molecule has 1 aliphatic heterocycles. The molecule has 0 radical (unpaired) electrons. The monoisotopic (exact) mass is 340 g/mol. The fraction of sp³-hybridized carbons (Fsp3) is 0.211. The van der Waals surface area contributed by atoms with E-state index in [4.69, 9.17) is 9.15 Å². The van der Waals surface area contributed by atoms with Crippen LogP contribution in [0.5, 0.6) is 5.75 Å². The van der Waals surface area contributed by atoms with Crippen LogP contribution in [0.3, 0.4) is 0 Å². The van der Waals surface area contributed by atoms with E-state index in [1.165, 1.54) is 0 Å². The normalized spacial score (nSPS) is 16.5. The Morgan fingerprint density at radius 1 is 1.12 bits per heavy atom. The first-order valence-electron chi connectivity index (χ1n) is 7.72. The van der Waals surface area contributed by atoms with Gasteiger partial charge in [-0.15, -0.1) is 12.4 Å². The zero-order chi connectivity index (χ0) is 15.6. The van der Waals surface area contributed by atoms with Crippen LogP contribution < -0.4 is 10.1 Å². The maximum absolute atomic E-state index is 9.28. The Balaban J connectivity index is 0.00000169. The molecule has 0 saturated carbocycles. The fourth-order valence-electron chi connectivity index (χ4n) is 3.12. The van der Waals surface area contributed by atoms with E-state index in [1.54, 1.807) is 6.26 Å². The lowest BCUT2D eigenvalue weighted by molar-refractivity contribution is 0.199. The Labute approximate surface area is 146 Å². The number of halogens is 1. The smallest absolute Gasteiger partial charge is 0.128 e. The van der Waals surface area contributed by atoms with Crippen LogP contribution in [0, 0.1) is 11.3 Å². The molecule has 1 unspecified atom stereocenters. The van der Waals surface area contributed by atoms with Crippen molar-refractivity contribution in [2.24, 2.45) is 0 Å². The quantitative estimate of drug-likeness (QED) is 0.754. The van der Waals surface area contributed by atoms with Gasteiger partial charge < -0.3 is 14.5 Å². The number of nitrogens with zero attached hydrogens (tertiary/aromatic N) is 1. The summed E-state index contributed by atoms with van der Waals surface area (Å²) in [7, 11) is 0. The van der Waals surface area contributed by atoms with E-state index in [-0.39, 0.29) is 18.5 Å². The maximum atomic E-state index is 9.28. The van der Waals surface area contributed by atoms with Crippen molar-refractivity contribution in [3.63, 3.8) is 0 Å². The first-order valence-corrected chi connectivity index (χ1v) is 7.72. The molecule has 0 aliphatic carbocycles. The SMILES string of the molecule is Cl.N#Cc1ccc(OC2CCNCc3occc32)c2ccccc12. The summed E-state index contributed by atoms with van der Waals surface area (Å²) in [4.78, 5) is 0. The van der Waals surface area contributed by atoms with Gasteiger partial charge in [0, 0.05) is 22.8 Å². The molecule has 1 aromatic heterocycles. The van der Waals surface area contributed by atoms with Crippen LogP contribution in [-0.4, -0.2) is 6.54 Å². The zero-order valence-electron chi connectivity index (χ0n) is 13.0. The topological polar surface area (TPSA) is 58.2 Å². The van der Waals surface area contributed by atoms with E-state index in [0.717, 1.165) is 47.4 Å². The summed E-state index contributed by atoms with van der Waals surface area (Å²) >= 11 is 0. The van der Waals surface area contributed by atoms with Gasteiger partial charge in [-0.1, -0.05) is 24.3 Å². The zero-order valence-corrected chi connectivity index (χ0v) is 13.8. The number of hydrogen-bond donors (Lipinski definition) is 1. The summed E-state index contributed by atoms with van der Waals surface area (Å²) in [6.07, 6.45) is 2.54. The predicted molar refractivity (Wildman–Crippen MR) is 94.3 cm³/mol. The third-order valence-electron chi connectivity index (χ3n) is 4.27. The molecule has 0 spiro atoms. The number of benzene rings is 2. The number of fused-ring (bicyclic) bond motifs is 2. The van der Waals surface area contributed by atoms with Gasteiger partial charge in [0.2, 0.25) is 0 Å². The molecule has 0 saturated heterocycles. The van der Waals surface area contributed by atoms with E-state index < -0.39 is 0 Å². The number of hydrogen-bond acceptors (Lipinski definition) is 4. The number of rotatable bonds is 2. The standard InChI is InChI=1S/C19H16N2O2.ClH/c20-11-13-5-6-17(15-4-2-1-3-14(13)15)23-18-7-9-21-12-19-16(18)8-10-22-19;/h1-6,8,10,18,21H,7,9,12H2;1H. The van der Waals surface area contributed by atoms with Crippen molar-refractivity contribution >= 4 is 23.2 Å². The molecule has 1 N–H and O–H groups in total. The molecule has 1 aliphatic rings. The second-order valence-electron chi connectivity index (χ2n) is 5.64. The Hall–Kier alpha value is -2.48. The Bertz CT molecular complexity index is 898. The van der Waals surface area contributed by atoms with Crippen molar-refractivity contribution in [1.82, 2.24) is 5.32 Å². The Kier molecular flexibility index (Phi) is 4.75. The summed E-state index contributed by atoms with van der Waals surface area (Å²) in [6.45, 7) is 1.61. The molecule has 122 valence electrons. The molecule has 0 amide bonds. The fourth-order valence-corrected chi connectivity index (χ4v) is 3.12. The van der Waals surface area contributed by atoms with Crippen molar-refractivity contribution in [3.05, 3.63) is 65.6 Å². The van der Waals surface area contributed by atoms with Gasteiger partial charge in [-0.3, -0.25) is 0 Å². The van der Waals surface area contributed by atoms with Gasteiger partial charge in [-0.05, 0) is 24.7 Å². The van der Waals surface area contributed by atoms with Crippen molar-refractivity contribution in [1.29, 1.82) is 5.26 Å². The minimum absolute atomic E-state index is 0. The summed E-state index contributed by atoms with van der Waals surface area (Å²) in [5.74, 6) is 1.74. The van der Waals surface area contributed by atoms with Gasteiger partial charge in [0.25, 0.3) is 0 Å². The van der Waals surface area contributed by atoms with Crippen molar-refractivity contribution in [2.45, 2.75) is 19.1 Å². The number of nitriles is 1. The van der Waals surface area contributed by atoms with E-state index in [1.807, 2.05) is 42.5 Å². The largest absolute Gasteiger partial charge is 0.485 e. The number of furan rings is 1. The average Bonchev–Trinajstić information content (AvgIpc) is 2.98. The van der Waals surface area contributed by atoms with E-state index in [2.05, 4.69) is 11.4 Å². The maximum Gasteiger partial charge on any atom is 0.128 e. The van der Waals surface area contributed by atoms with Gasteiger partial charge >= 0.3 is 0 Å². The molecule has 2 aromatic carbocycles. The highest BCUT2D eigenvalue weighted by molar-refractivity contribution is 5.92. The van der Waals surface area contributed by atoms with E-state index in [0.29, 0.717) is 5.56 Å². The summed E-state index contributed by atoms with van der Waals surface area (Å²) in [5, 5.41) is 14.5. The summed E-state index contributed by atoms with van der Waals surface area (Å²) in [5.41, 5.74) is 1.77. The van der Waals surface area contributed by atoms with E-state index >= 15 is 0 Å². The highest BCUT2D eigenvalue weighted by atomic mass is 35.5. The van der Waals surface area contributed by atoms with Crippen LogP contribution in [0.4, 0.5) is 0 Å². The molecular weight excluding hydrogens is 324 g/mol. The number of ether oxygens (including phenoxy) is 1. The minimum Gasteiger partial charge on any atom is -0.485 e. The lowest BCUT2D eigenvalue weighted by Gasteiger charge is -2.19. The highest BCUT2D eigenvalue weighted by Gasteiger charge is 2.23. The summed E-state index contributed by atoms with van der Waals surface area (Å²) < 4.78 is 11.9. The van der Waals surface area contributed by atoms with E-state index in [9.17, 15) is 5.26 Å². The second-order valence-corrected chi connectivity index (χ2v) is 5.64. The molecule has 0 fully saturated rings. The lowest BCUT2D eigenvalue weighted by Crippen LogP contribution is -2.14. The van der Waals surface area contributed by atoms with Crippen LogP contribution in [0.2, 0.25) is 0 Å². The Morgan fingerprint density at radius 2 is 1.96 bits per heavy atom. The van der Waals surface area contributed by atoms with Crippen LogP contribution in [0.15, 0.2) is 53.1 Å². The van der Waals surface area contributed by atoms with Crippen LogP contribution in [-0.2, 0) is 6.54 Å². The third-order valence-corrected chi connectivity index (χ3v) is 4.27. The first-order chi connectivity index (χ1) is 11.4. The second kappa shape index (κ2) is 6.96. The van der Waals surface area contributed by atoms with Crippen LogP contribution in [0.25, 0.3) is 10.8 Å². The molecule has 4 rings (SSSR count). The molecular formula is C19H17ClN2O2. The van der Waals surface area contributed by atoms with Gasteiger partial charge in [-0.25, -0.2) is 0 Å². The van der Waals surface area contributed by atoms with Crippen LogP contribution in [0.1, 0.15) is 29.4 Å². The lowest BCUT2D eigenvalue weighted by atomic mass is 10.0. The molecule has 2 heterocycles. The van der Waals surface area contributed by atoms with Crippen LogP contribution >= 0.6 is 12.4 Å². The predicted octanol–water partition coefficient (Wildman–Crippen LogP) is 4.34. The Morgan fingerprint density at radius 3 is 2.79 bits per heavy atom. The van der Waals surface area contributed by atoms with Gasteiger partial charge in [-0.2, -0.15) is 5.26 Å². The molecule has 1 atom stereocenters. The average molecular weight is 341 g/mol. The highest BCUT2D eigenvalue weighted by Crippen LogP contribution is 2.34. The van der Waals surface area contributed by atoms with Crippen molar-refractivity contribution in [2.75, 3.05) is 6.54 Å². The third kappa shape index (κ3) is 2.84.